The quantitative estimate of drug-likeness (QED) is 0.621. The summed E-state index contributed by atoms with van der Waals surface area (Å²) in [7, 11) is 0. The Morgan fingerprint density at radius 3 is 2.50 bits per heavy atom. The molecule has 7 nitrogen and oxygen atoms in total. The van der Waals surface area contributed by atoms with Gasteiger partial charge in [-0.05, 0) is 46.6 Å². The van der Waals surface area contributed by atoms with Crippen LogP contribution in [0.1, 0.15) is 28.9 Å². The van der Waals surface area contributed by atoms with Crippen molar-refractivity contribution in [2.45, 2.75) is 13.0 Å². The van der Waals surface area contributed by atoms with Gasteiger partial charge in [0, 0.05) is 4.47 Å². The highest BCUT2D eigenvalue weighted by atomic mass is 79.9. The van der Waals surface area contributed by atoms with E-state index in [4.69, 9.17) is 9.47 Å². The molecule has 156 valence electrons. The molecule has 0 saturated carbocycles. The highest BCUT2D eigenvalue weighted by molar-refractivity contribution is 9.10. The van der Waals surface area contributed by atoms with Gasteiger partial charge in [0.15, 0.2) is 0 Å². The number of hydrogen-bond donors (Lipinski definition) is 2. The van der Waals surface area contributed by atoms with E-state index in [1.165, 1.54) is 6.07 Å². The minimum absolute atomic E-state index is 0.106. The van der Waals surface area contributed by atoms with Crippen molar-refractivity contribution in [1.29, 1.82) is 0 Å². The first-order valence-corrected chi connectivity index (χ1v) is 9.84. The molecule has 0 fully saturated rings. The average molecular weight is 477 g/mol. The van der Waals surface area contributed by atoms with Crippen molar-refractivity contribution in [1.82, 2.24) is 10.6 Å². The second-order valence-electron chi connectivity index (χ2n) is 6.26. The maximum Gasteiger partial charge on any atom is 0.339 e. The summed E-state index contributed by atoms with van der Waals surface area (Å²) in [6.45, 7) is 1.41. The van der Waals surface area contributed by atoms with Crippen molar-refractivity contribution in [2.24, 2.45) is 0 Å². The van der Waals surface area contributed by atoms with E-state index in [0.29, 0.717) is 5.56 Å². The molecule has 1 heterocycles. The Hall–Kier alpha value is -3.20. The highest BCUT2D eigenvalue weighted by Gasteiger charge is 2.34. The summed E-state index contributed by atoms with van der Waals surface area (Å²) in [6, 6.07) is 11.1. The van der Waals surface area contributed by atoms with Gasteiger partial charge in [-0.1, -0.05) is 30.3 Å². The van der Waals surface area contributed by atoms with Gasteiger partial charge in [-0.15, -0.1) is 0 Å². The van der Waals surface area contributed by atoms with E-state index in [0.717, 1.165) is 12.1 Å². The van der Waals surface area contributed by atoms with Gasteiger partial charge in [0.05, 0.1) is 29.5 Å². The fourth-order valence-electron chi connectivity index (χ4n) is 2.95. The Morgan fingerprint density at radius 1 is 1.10 bits per heavy atom. The number of nitrogens with one attached hydrogen (secondary N) is 2. The molecular weight excluding hydrogens is 459 g/mol. The maximum atomic E-state index is 13.3. The summed E-state index contributed by atoms with van der Waals surface area (Å²) in [6.07, 6.45) is 0. The molecule has 0 aromatic heterocycles. The lowest BCUT2D eigenvalue weighted by Gasteiger charge is -2.29. The SMILES string of the molecule is CCOC(=O)C1=C(COC(=O)c2ccc(F)cc2Br)NC(=O)NC1c1ccccc1. The number of benzene rings is 2. The monoisotopic (exact) mass is 476 g/mol. The Kier molecular flexibility index (Phi) is 6.83. The number of rotatable bonds is 6. The summed E-state index contributed by atoms with van der Waals surface area (Å²) in [5, 5.41) is 5.20. The average Bonchev–Trinajstić information content (AvgIpc) is 2.72. The molecule has 3 rings (SSSR count). The molecule has 0 saturated heterocycles. The largest absolute Gasteiger partial charge is 0.463 e. The standard InChI is InChI=1S/C21H18BrFN2O5/c1-2-29-20(27)17-16(11-30-19(26)14-9-8-13(23)10-15(14)22)24-21(28)25-18(17)12-6-4-3-5-7-12/h3-10,18H,2,11H2,1H3,(H2,24,25,28). The lowest BCUT2D eigenvalue weighted by molar-refractivity contribution is -0.139. The van der Waals surface area contributed by atoms with Crippen LogP contribution in [0.25, 0.3) is 0 Å². The molecular formula is C21H18BrFN2O5. The van der Waals surface area contributed by atoms with Gasteiger partial charge < -0.3 is 20.1 Å². The molecule has 2 aromatic rings. The molecule has 0 bridgehead atoms. The minimum Gasteiger partial charge on any atom is -0.463 e. The second-order valence-corrected chi connectivity index (χ2v) is 7.11. The van der Waals surface area contributed by atoms with Crippen LogP contribution in [0.5, 0.6) is 0 Å². The number of esters is 2. The molecule has 2 amide bonds. The molecule has 9 heteroatoms. The van der Waals surface area contributed by atoms with Crippen molar-refractivity contribution in [2.75, 3.05) is 13.2 Å². The molecule has 1 aliphatic rings. The molecule has 1 aliphatic heterocycles. The van der Waals surface area contributed by atoms with Crippen LogP contribution in [-0.4, -0.2) is 31.2 Å². The Bertz CT molecular complexity index is 1010. The summed E-state index contributed by atoms with van der Waals surface area (Å²) in [5.74, 6) is -1.91. The molecule has 2 aromatic carbocycles. The van der Waals surface area contributed by atoms with Crippen molar-refractivity contribution in [3.05, 3.63) is 81.2 Å². The number of ether oxygens (including phenoxy) is 2. The number of amides is 2. The van der Waals surface area contributed by atoms with Crippen LogP contribution in [0, 0.1) is 5.82 Å². The second kappa shape index (κ2) is 9.53. The first-order valence-electron chi connectivity index (χ1n) is 9.05. The van der Waals surface area contributed by atoms with Crippen molar-refractivity contribution >= 4 is 33.9 Å². The van der Waals surface area contributed by atoms with E-state index in [1.54, 1.807) is 31.2 Å². The number of halogens is 2. The zero-order valence-electron chi connectivity index (χ0n) is 15.9. The van der Waals surface area contributed by atoms with Crippen LogP contribution in [0.2, 0.25) is 0 Å². The first-order chi connectivity index (χ1) is 14.4. The molecule has 0 aliphatic carbocycles. The van der Waals surface area contributed by atoms with E-state index in [-0.39, 0.29) is 34.5 Å². The van der Waals surface area contributed by atoms with Crippen LogP contribution >= 0.6 is 15.9 Å². The maximum absolute atomic E-state index is 13.3. The number of carbonyl (C=O) groups excluding carboxylic acids is 3. The fourth-order valence-corrected chi connectivity index (χ4v) is 3.46. The number of urea groups is 1. The van der Waals surface area contributed by atoms with E-state index >= 15 is 0 Å². The highest BCUT2D eigenvalue weighted by Crippen LogP contribution is 2.28. The summed E-state index contributed by atoms with van der Waals surface area (Å²) in [5.41, 5.74) is 1.02. The van der Waals surface area contributed by atoms with Crippen molar-refractivity contribution in [3.8, 4) is 0 Å². The zero-order chi connectivity index (χ0) is 21.7. The van der Waals surface area contributed by atoms with Crippen LogP contribution in [0.3, 0.4) is 0 Å². The Balaban J connectivity index is 1.91. The molecule has 0 spiro atoms. The van der Waals surface area contributed by atoms with E-state index in [9.17, 15) is 18.8 Å². The van der Waals surface area contributed by atoms with Gasteiger partial charge in [0.2, 0.25) is 0 Å². The van der Waals surface area contributed by atoms with Crippen LogP contribution in [0.15, 0.2) is 64.3 Å². The van der Waals surface area contributed by atoms with Gasteiger partial charge >= 0.3 is 18.0 Å². The minimum atomic E-state index is -0.773. The Morgan fingerprint density at radius 2 is 1.83 bits per heavy atom. The summed E-state index contributed by atoms with van der Waals surface area (Å²) >= 11 is 3.11. The fraction of sp³-hybridized carbons (Fsp3) is 0.190. The Labute approximate surface area is 180 Å². The summed E-state index contributed by atoms with van der Waals surface area (Å²) < 4.78 is 23.9. The topological polar surface area (TPSA) is 93.7 Å². The molecule has 1 atom stereocenters. The van der Waals surface area contributed by atoms with Gasteiger partial charge in [0.1, 0.15) is 12.4 Å². The number of carbonyl (C=O) groups is 3. The third kappa shape index (κ3) is 4.85. The van der Waals surface area contributed by atoms with Crippen LogP contribution in [-0.2, 0) is 14.3 Å². The van der Waals surface area contributed by atoms with E-state index in [1.807, 2.05) is 6.07 Å². The van der Waals surface area contributed by atoms with E-state index in [2.05, 4.69) is 26.6 Å². The number of hydrogen-bond acceptors (Lipinski definition) is 5. The molecule has 0 radical (unpaired) electrons. The van der Waals surface area contributed by atoms with Crippen LogP contribution < -0.4 is 10.6 Å². The lowest BCUT2D eigenvalue weighted by atomic mass is 9.95. The van der Waals surface area contributed by atoms with Gasteiger partial charge in [-0.2, -0.15) is 0 Å². The predicted octanol–water partition coefficient (Wildman–Crippen LogP) is 3.62. The van der Waals surface area contributed by atoms with Gasteiger partial charge in [-0.3, -0.25) is 0 Å². The van der Waals surface area contributed by atoms with E-state index < -0.39 is 29.8 Å². The predicted molar refractivity (Wildman–Crippen MR) is 109 cm³/mol. The normalized spacial score (nSPS) is 15.8. The summed E-state index contributed by atoms with van der Waals surface area (Å²) in [4.78, 5) is 37.2. The van der Waals surface area contributed by atoms with Gasteiger partial charge in [0.25, 0.3) is 0 Å². The lowest BCUT2D eigenvalue weighted by Crippen LogP contribution is -2.47. The molecule has 2 N–H and O–H groups in total. The van der Waals surface area contributed by atoms with Gasteiger partial charge in [-0.25, -0.2) is 18.8 Å². The third-order valence-electron chi connectivity index (χ3n) is 4.28. The van der Waals surface area contributed by atoms with Crippen molar-refractivity contribution < 1.29 is 28.2 Å². The molecule has 1 unspecified atom stereocenters. The van der Waals surface area contributed by atoms with Crippen molar-refractivity contribution in [3.63, 3.8) is 0 Å². The zero-order valence-corrected chi connectivity index (χ0v) is 17.5. The third-order valence-corrected chi connectivity index (χ3v) is 4.94. The smallest absolute Gasteiger partial charge is 0.339 e. The molecule has 30 heavy (non-hydrogen) atoms. The first kappa shape index (κ1) is 21.5. The van der Waals surface area contributed by atoms with Crippen LogP contribution in [0.4, 0.5) is 9.18 Å².